The first-order valence-electron chi connectivity index (χ1n) is 8.38. The Labute approximate surface area is 138 Å². The summed E-state index contributed by atoms with van der Waals surface area (Å²) in [7, 11) is 1.97. The molecule has 3 rings (SSSR count). The second kappa shape index (κ2) is 6.57. The third kappa shape index (κ3) is 3.31. The number of likely N-dealkylation sites (tertiary alicyclic amines) is 1. The number of rotatable bonds is 4. The molecule has 1 aliphatic heterocycles. The van der Waals surface area contributed by atoms with E-state index in [0.29, 0.717) is 6.42 Å². The summed E-state index contributed by atoms with van der Waals surface area (Å²) < 4.78 is 1.99. The van der Waals surface area contributed by atoms with Gasteiger partial charge < -0.3 is 9.47 Å². The van der Waals surface area contributed by atoms with Gasteiger partial charge in [0.05, 0.1) is 12.4 Å². The van der Waals surface area contributed by atoms with Crippen molar-refractivity contribution < 1.29 is 4.79 Å². The molecule has 1 saturated heterocycles. The number of hydrogen-bond donors (Lipinski definition) is 0. The van der Waals surface area contributed by atoms with Crippen LogP contribution in [-0.4, -0.2) is 26.9 Å². The van der Waals surface area contributed by atoms with Crippen molar-refractivity contribution in [1.82, 2.24) is 14.5 Å². The average Bonchev–Trinajstić information content (AvgIpc) is 3.16. The minimum Gasteiger partial charge on any atom is -0.338 e. The highest BCUT2D eigenvalue weighted by Gasteiger charge is 2.30. The van der Waals surface area contributed by atoms with Gasteiger partial charge >= 0.3 is 0 Å². The Hall–Kier alpha value is -2.10. The topological polar surface area (TPSA) is 38.1 Å². The van der Waals surface area contributed by atoms with Crippen LogP contribution in [0.1, 0.15) is 47.7 Å². The zero-order valence-corrected chi connectivity index (χ0v) is 14.2. The van der Waals surface area contributed by atoms with E-state index in [1.807, 2.05) is 17.8 Å². The Morgan fingerprint density at radius 1 is 1.35 bits per heavy atom. The second-order valence-electron chi connectivity index (χ2n) is 6.60. The van der Waals surface area contributed by atoms with Gasteiger partial charge in [-0.05, 0) is 44.2 Å². The van der Waals surface area contributed by atoms with Crippen molar-refractivity contribution in [3.05, 3.63) is 53.1 Å². The Morgan fingerprint density at radius 2 is 2.17 bits per heavy atom. The maximum atomic E-state index is 12.7. The second-order valence-corrected chi connectivity index (χ2v) is 6.60. The van der Waals surface area contributed by atoms with Gasteiger partial charge in [0, 0.05) is 31.9 Å². The quantitative estimate of drug-likeness (QED) is 0.868. The molecule has 1 atom stereocenters. The van der Waals surface area contributed by atoms with Crippen LogP contribution >= 0.6 is 0 Å². The fraction of sp³-hybridized carbons (Fsp3) is 0.474. The number of imidazole rings is 1. The first-order valence-corrected chi connectivity index (χ1v) is 8.38. The van der Waals surface area contributed by atoms with E-state index in [2.05, 4.69) is 41.9 Å². The zero-order chi connectivity index (χ0) is 16.4. The molecule has 2 heterocycles. The fourth-order valence-corrected chi connectivity index (χ4v) is 3.51. The van der Waals surface area contributed by atoms with E-state index in [4.69, 9.17) is 0 Å². The molecule has 0 spiro atoms. The van der Waals surface area contributed by atoms with Gasteiger partial charge in [-0.2, -0.15) is 0 Å². The number of aryl methyl sites for hydroxylation is 4. The van der Waals surface area contributed by atoms with Crippen LogP contribution in [-0.2, 0) is 18.3 Å². The predicted octanol–water partition coefficient (Wildman–Crippen LogP) is 3.33. The summed E-state index contributed by atoms with van der Waals surface area (Å²) in [6.07, 6.45) is 7.11. The van der Waals surface area contributed by atoms with Crippen LogP contribution in [0.25, 0.3) is 0 Å². The van der Waals surface area contributed by atoms with Gasteiger partial charge in [0.2, 0.25) is 5.91 Å². The van der Waals surface area contributed by atoms with Gasteiger partial charge in [-0.15, -0.1) is 0 Å². The van der Waals surface area contributed by atoms with E-state index < -0.39 is 0 Å². The average molecular weight is 311 g/mol. The van der Waals surface area contributed by atoms with Crippen molar-refractivity contribution in [1.29, 1.82) is 0 Å². The van der Waals surface area contributed by atoms with Crippen molar-refractivity contribution in [3.8, 4) is 0 Å². The molecule has 1 aliphatic rings. The molecule has 0 saturated carbocycles. The Bertz CT molecular complexity index is 704. The number of carbonyl (C=O) groups is 1. The highest BCUT2D eigenvalue weighted by molar-refractivity contribution is 5.77. The molecule has 0 bridgehead atoms. The third-order valence-electron chi connectivity index (χ3n) is 4.88. The summed E-state index contributed by atoms with van der Waals surface area (Å²) in [4.78, 5) is 18.9. The molecule has 122 valence electrons. The highest BCUT2D eigenvalue weighted by Crippen LogP contribution is 2.34. The van der Waals surface area contributed by atoms with Crippen molar-refractivity contribution >= 4 is 5.91 Å². The minimum atomic E-state index is 0.244. The molecule has 4 heteroatoms. The van der Waals surface area contributed by atoms with E-state index in [1.54, 1.807) is 6.33 Å². The van der Waals surface area contributed by atoms with E-state index in [-0.39, 0.29) is 11.9 Å². The molecule has 23 heavy (non-hydrogen) atoms. The Balaban J connectivity index is 1.72. The molecule has 1 fully saturated rings. The number of benzene rings is 1. The largest absolute Gasteiger partial charge is 0.338 e. The number of carbonyl (C=O) groups excluding carboxylic acids is 1. The molecule has 2 aromatic rings. The Morgan fingerprint density at radius 3 is 2.91 bits per heavy atom. The molecular weight excluding hydrogens is 286 g/mol. The molecule has 1 amide bonds. The first kappa shape index (κ1) is 15.8. The Kier molecular flexibility index (Phi) is 4.51. The number of amides is 1. The van der Waals surface area contributed by atoms with Crippen molar-refractivity contribution in [2.24, 2.45) is 7.05 Å². The number of nitrogens with zero attached hydrogens (tertiary/aromatic N) is 3. The van der Waals surface area contributed by atoms with Crippen LogP contribution in [0.5, 0.6) is 0 Å². The van der Waals surface area contributed by atoms with Crippen LogP contribution in [0, 0.1) is 13.8 Å². The van der Waals surface area contributed by atoms with Gasteiger partial charge in [0.15, 0.2) is 0 Å². The van der Waals surface area contributed by atoms with E-state index >= 15 is 0 Å². The number of hydrogen-bond acceptors (Lipinski definition) is 2. The summed E-state index contributed by atoms with van der Waals surface area (Å²) in [5, 5.41) is 0. The molecule has 0 aliphatic carbocycles. The third-order valence-corrected chi connectivity index (χ3v) is 4.88. The molecule has 0 radical (unpaired) electrons. The molecule has 0 unspecified atom stereocenters. The molecular formula is C19H25N3O. The van der Waals surface area contributed by atoms with Gasteiger partial charge in [-0.1, -0.05) is 23.8 Å². The van der Waals surface area contributed by atoms with Crippen LogP contribution < -0.4 is 0 Å². The first-order chi connectivity index (χ1) is 11.1. The van der Waals surface area contributed by atoms with Crippen LogP contribution in [0.3, 0.4) is 0 Å². The predicted molar refractivity (Wildman–Crippen MR) is 91.1 cm³/mol. The monoisotopic (exact) mass is 311 g/mol. The lowest BCUT2D eigenvalue weighted by molar-refractivity contribution is -0.132. The summed E-state index contributed by atoms with van der Waals surface area (Å²) in [6, 6.07) is 6.80. The van der Waals surface area contributed by atoms with Crippen molar-refractivity contribution in [2.45, 2.75) is 45.6 Å². The standard InChI is InChI=1S/C19H25N3O/c1-14-6-7-15(2)17(11-14)18-5-4-10-22(18)19(23)9-8-16-12-20-13-21(16)3/h6-7,11-13,18H,4-5,8-10H2,1-3H3/t18-/m0/s1. The zero-order valence-electron chi connectivity index (χ0n) is 14.2. The summed E-state index contributed by atoms with van der Waals surface area (Å²) >= 11 is 0. The van der Waals surface area contributed by atoms with Gasteiger partial charge in [0.25, 0.3) is 0 Å². The van der Waals surface area contributed by atoms with E-state index in [1.165, 1.54) is 16.7 Å². The smallest absolute Gasteiger partial charge is 0.223 e. The molecule has 0 N–H and O–H groups in total. The highest BCUT2D eigenvalue weighted by atomic mass is 16.2. The summed E-state index contributed by atoms with van der Waals surface area (Å²) in [5.41, 5.74) is 4.98. The SMILES string of the molecule is Cc1ccc(C)c([C@@H]2CCCN2C(=O)CCc2cncn2C)c1. The maximum Gasteiger partial charge on any atom is 0.223 e. The fourth-order valence-electron chi connectivity index (χ4n) is 3.51. The van der Waals surface area contributed by atoms with Gasteiger partial charge in [0.1, 0.15) is 0 Å². The van der Waals surface area contributed by atoms with Crippen LogP contribution in [0.15, 0.2) is 30.7 Å². The molecule has 1 aromatic carbocycles. The lowest BCUT2D eigenvalue weighted by atomic mass is 9.97. The molecule has 1 aromatic heterocycles. The van der Waals surface area contributed by atoms with Crippen LogP contribution in [0.4, 0.5) is 0 Å². The van der Waals surface area contributed by atoms with Gasteiger partial charge in [-0.3, -0.25) is 4.79 Å². The van der Waals surface area contributed by atoms with Crippen molar-refractivity contribution in [2.75, 3.05) is 6.54 Å². The normalized spacial score (nSPS) is 17.7. The van der Waals surface area contributed by atoms with E-state index in [9.17, 15) is 4.79 Å². The maximum absolute atomic E-state index is 12.7. The number of aromatic nitrogens is 2. The summed E-state index contributed by atoms with van der Waals surface area (Å²) in [5.74, 6) is 0.259. The van der Waals surface area contributed by atoms with Crippen molar-refractivity contribution in [3.63, 3.8) is 0 Å². The summed E-state index contributed by atoms with van der Waals surface area (Å²) in [6.45, 7) is 5.14. The lowest BCUT2D eigenvalue weighted by Gasteiger charge is -2.27. The van der Waals surface area contributed by atoms with Crippen LogP contribution in [0.2, 0.25) is 0 Å². The molecule has 4 nitrogen and oxygen atoms in total. The van der Waals surface area contributed by atoms with Gasteiger partial charge in [-0.25, -0.2) is 4.98 Å². The lowest BCUT2D eigenvalue weighted by Crippen LogP contribution is -2.31. The minimum absolute atomic E-state index is 0.244. The van der Waals surface area contributed by atoms with E-state index in [0.717, 1.165) is 31.5 Å².